The molecule has 0 radical (unpaired) electrons. The van der Waals surface area contributed by atoms with Gasteiger partial charge in [-0.2, -0.15) is 4.91 Å². The predicted molar refractivity (Wildman–Crippen MR) is 44.6 cm³/mol. The van der Waals surface area contributed by atoms with Crippen molar-refractivity contribution in [2.75, 3.05) is 26.8 Å². The number of nitrogens with one attached hydrogen (secondary N) is 1. The Kier molecular flexibility index (Phi) is 4.98. The van der Waals surface area contributed by atoms with Crippen LogP contribution in [0, 0.1) is 4.91 Å². The van der Waals surface area contributed by atoms with E-state index >= 15 is 0 Å². The van der Waals surface area contributed by atoms with Crippen molar-refractivity contribution in [2.24, 2.45) is 5.18 Å². The first kappa shape index (κ1) is 10.5. The van der Waals surface area contributed by atoms with Gasteiger partial charge < -0.3 is 10.1 Å². The Labute approximate surface area is 67.3 Å². The normalized spacial score (nSPS) is 11.5. The standard InChI is InChI=1S/C7H16N2O2/c1-7(2,6-9-10)8-4-5-11-3/h8H,4-6H2,1-3H3. The van der Waals surface area contributed by atoms with E-state index in [1.54, 1.807) is 7.11 Å². The molecule has 0 unspecified atom stereocenters. The molecule has 4 heteroatoms. The molecule has 0 aliphatic heterocycles. The SMILES string of the molecule is COCCNC(C)(C)CN=O. The Bertz CT molecular complexity index is 115. The number of rotatable bonds is 6. The summed E-state index contributed by atoms with van der Waals surface area (Å²) in [5.74, 6) is 0. The van der Waals surface area contributed by atoms with Gasteiger partial charge in [0.2, 0.25) is 0 Å². The fourth-order valence-corrected chi connectivity index (χ4v) is 0.709. The van der Waals surface area contributed by atoms with E-state index in [0.29, 0.717) is 6.61 Å². The summed E-state index contributed by atoms with van der Waals surface area (Å²) in [5.41, 5.74) is -0.208. The minimum atomic E-state index is -0.208. The molecule has 0 saturated heterocycles. The Morgan fingerprint density at radius 3 is 2.64 bits per heavy atom. The van der Waals surface area contributed by atoms with E-state index in [1.807, 2.05) is 13.8 Å². The summed E-state index contributed by atoms with van der Waals surface area (Å²) < 4.78 is 4.84. The Morgan fingerprint density at radius 1 is 1.55 bits per heavy atom. The van der Waals surface area contributed by atoms with Gasteiger partial charge in [-0.25, -0.2) is 0 Å². The molecule has 0 rings (SSSR count). The van der Waals surface area contributed by atoms with Crippen LogP contribution < -0.4 is 5.32 Å². The third-order valence-electron chi connectivity index (χ3n) is 1.37. The lowest BCUT2D eigenvalue weighted by molar-refractivity contribution is 0.189. The van der Waals surface area contributed by atoms with Gasteiger partial charge in [0, 0.05) is 19.2 Å². The molecule has 66 valence electrons. The van der Waals surface area contributed by atoms with Crippen molar-refractivity contribution in [2.45, 2.75) is 19.4 Å². The van der Waals surface area contributed by atoms with Crippen molar-refractivity contribution >= 4 is 0 Å². The Balaban J connectivity index is 3.45. The van der Waals surface area contributed by atoms with Crippen LogP contribution in [0.1, 0.15) is 13.8 Å². The van der Waals surface area contributed by atoms with Crippen molar-refractivity contribution in [1.29, 1.82) is 0 Å². The van der Waals surface area contributed by atoms with E-state index in [4.69, 9.17) is 4.74 Å². The van der Waals surface area contributed by atoms with Crippen LogP contribution in [0.4, 0.5) is 0 Å². The maximum absolute atomic E-state index is 9.93. The number of nitrogens with zero attached hydrogens (tertiary/aromatic N) is 1. The second-order valence-corrected chi connectivity index (χ2v) is 3.09. The van der Waals surface area contributed by atoms with Gasteiger partial charge in [0.05, 0.1) is 13.2 Å². The molecule has 0 aromatic heterocycles. The van der Waals surface area contributed by atoms with Gasteiger partial charge in [-0.15, -0.1) is 0 Å². The number of nitroso groups, excluding NO2 is 1. The van der Waals surface area contributed by atoms with E-state index in [9.17, 15) is 4.91 Å². The first-order valence-corrected chi connectivity index (χ1v) is 3.65. The van der Waals surface area contributed by atoms with E-state index in [-0.39, 0.29) is 12.1 Å². The van der Waals surface area contributed by atoms with E-state index in [0.717, 1.165) is 6.54 Å². The number of hydrogen-bond acceptors (Lipinski definition) is 4. The van der Waals surface area contributed by atoms with Crippen LogP contribution in [0.5, 0.6) is 0 Å². The Morgan fingerprint density at radius 2 is 2.18 bits per heavy atom. The molecule has 0 aromatic carbocycles. The van der Waals surface area contributed by atoms with Gasteiger partial charge in [0.25, 0.3) is 0 Å². The van der Waals surface area contributed by atoms with Crippen LogP contribution >= 0.6 is 0 Å². The fraction of sp³-hybridized carbons (Fsp3) is 1.00. The minimum Gasteiger partial charge on any atom is -0.383 e. The highest BCUT2D eigenvalue weighted by Gasteiger charge is 2.15. The highest BCUT2D eigenvalue weighted by Crippen LogP contribution is 2.00. The topological polar surface area (TPSA) is 50.7 Å². The third kappa shape index (κ3) is 5.94. The molecule has 0 atom stereocenters. The highest BCUT2D eigenvalue weighted by atomic mass is 16.5. The van der Waals surface area contributed by atoms with E-state index in [1.165, 1.54) is 0 Å². The van der Waals surface area contributed by atoms with Gasteiger partial charge in [0.15, 0.2) is 0 Å². The van der Waals surface area contributed by atoms with E-state index < -0.39 is 0 Å². The van der Waals surface area contributed by atoms with Gasteiger partial charge in [0.1, 0.15) is 0 Å². The molecule has 0 aliphatic carbocycles. The molecule has 0 spiro atoms. The minimum absolute atomic E-state index is 0.208. The molecular formula is C7H16N2O2. The molecule has 0 heterocycles. The summed E-state index contributed by atoms with van der Waals surface area (Å²) >= 11 is 0. The van der Waals surface area contributed by atoms with Gasteiger partial charge in [-0.1, -0.05) is 5.18 Å². The fourth-order valence-electron chi connectivity index (χ4n) is 0.709. The average molecular weight is 160 g/mol. The van der Waals surface area contributed by atoms with Gasteiger partial charge >= 0.3 is 0 Å². The second kappa shape index (κ2) is 5.21. The largest absolute Gasteiger partial charge is 0.383 e. The van der Waals surface area contributed by atoms with Gasteiger partial charge in [-0.3, -0.25) is 0 Å². The zero-order valence-corrected chi connectivity index (χ0v) is 7.39. The molecular weight excluding hydrogens is 144 g/mol. The summed E-state index contributed by atoms with van der Waals surface area (Å²) in [7, 11) is 1.65. The zero-order valence-electron chi connectivity index (χ0n) is 7.39. The highest BCUT2D eigenvalue weighted by molar-refractivity contribution is 4.79. The first-order chi connectivity index (χ1) is 5.12. The van der Waals surface area contributed by atoms with Crippen molar-refractivity contribution in [3.8, 4) is 0 Å². The maximum Gasteiger partial charge on any atom is 0.0987 e. The monoisotopic (exact) mass is 160 g/mol. The summed E-state index contributed by atoms with van der Waals surface area (Å²) in [6.45, 7) is 5.56. The van der Waals surface area contributed by atoms with E-state index in [2.05, 4.69) is 10.5 Å². The van der Waals surface area contributed by atoms with Crippen LogP contribution in [-0.4, -0.2) is 32.3 Å². The molecule has 0 fully saturated rings. The molecule has 0 aromatic rings. The molecule has 0 amide bonds. The van der Waals surface area contributed by atoms with Crippen molar-refractivity contribution in [3.05, 3.63) is 4.91 Å². The van der Waals surface area contributed by atoms with Crippen molar-refractivity contribution < 1.29 is 4.74 Å². The molecule has 4 nitrogen and oxygen atoms in total. The molecule has 11 heavy (non-hydrogen) atoms. The van der Waals surface area contributed by atoms with Gasteiger partial charge in [-0.05, 0) is 13.8 Å². The average Bonchev–Trinajstić information content (AvgIpc) is 1.87. The van der Waals surface area contributed by atoms with Crippen molar-refractivity contribution in [1.82, 2.24) is 5.32 Å². The maximum atomic E-state index is 9.93. The van der Waals surface area contributed by atoms with Crippen LogP contribution in [0.3, 0.4) is 0 Å². The van der Waals surface area contributed by atoms with Crippen molar-refractivity contribution in [3.63, 3.8) is 0 Å². The first-order valence-electron chi connectivity index (χ1n) is 3.65. The summed E-state index contributed by atoms with van der Waals surface area (Å²) in [5, 5.41) is 5.97. The third-order valence-corrected chi connectivity index (χ3v) is 1.37. The molecule has 1 N–H and O–H groups in total. The van der Waals surface area contributed by atoms with Crippen LogP contribution in [0.2, 0.25) is 0 Å². The number of methoxy groups -OCH3 is 1. The lowest BCUT2D eigenvalue weighted by Gasteiger charge is -2.22. The summed E-state index contributed by atoms with van der Waals surface area (Å²) in [4.78, 5) is 9.93. The molecule has 0 saturated carbocycles. The van der Waals surface area contributed by atoms with Crippen LogP contribution in [-0.2, 0) is 4.74 Å². The zero-order chi connectivity index (χ0) is 8.74. The second-order valence-electron chi connectivity index (χ2n) is 3.09. The smallest absolute Gasteiger partial charge is 0.0987 e. The summed E-state index contributed by atoms with van der Waals surface area (Å²) in [6, 6.07) is 0. The predicted octanol–water partition coefficient (Wildman–Crippen LogP) is 0.767. The quantitative estimate of drug-likeness (QED) is 0.461. The van der Waals surface area contributed by atoms with Crippen LogP contribution in [0.15, 0.2) is 5.18 Å². The molecule has 0 aliphatic rings. The number of hydrogen-bond donors (Lipinski definition) is 1. The lowest BCUT2D eigenvalue weighted by atomic mass is 10.1. The molecule has 0 bridgehead atoms. The lowest BCUT2D eigenvalue weighted by Crippen LogP contribution is -2.43. The summed E-state index contributed by atoms with van der Waals surface area (Å²) in [6.07, 6.45) is 0. The number of ether oxygens (including phenoxy) is 1. The Hall–Kier alpha value is -0.480. The van der Waals surface area contributed by atoms with Crippen LogP contribution in [0.25, 0.3) is 0 Å².